The number of aromatic nitrogens is 2. The number of carbonyl (C=O) groups is 1. The fourth-order valence-electron chi connectivity index (χ4n) is 2.18. The third-order valence-electron chi connectivity index (χ3n) is 3.30. The van der Waals surface area contributed by atoms with Crippen molar-refractivity contribution in [3.05, 3.63) is 45.0 Å². The maximum Gasteiger partial charge on any atom is 0.348 e. The highest BCUT2D eigenvalue weighted by atomic mass is 35.5. The van der Waals surface area contributed by atoms with Crippen molar-refractivity contribution >= 4 is 62.2 Å². The maximum absolute atomic E-state index is 11.9. The van der Waals surface area contributed by atoms with Gasteiger partial charge in [0, 0.05) is 0 Å². The van der Waals surface area contributed by atoms with Gasteiger partial charge in [0.2, 0.25) is 0 Å². The Morgan fingerprint density at radius 2 is 2.09 bits per heavy atom. The fraction of sp³-hybridized carbons (Fsp3) is 0.133. The van der Waals surface area contributed by atoms with E-state index in [1.807, 2.05) is 6.92 Å². The molecule has 0 aliphatic heterocycles. The number of benzene rings is 1. The van der Waals surface area contributed by atoms with Crippen LogP contribution in [-0.2, 0) is 4.74 Å². The molecule has 0 fully saturated rings. The van der Waals surface area contributed by atoms with Gasteiger partial charge in [-0.05, 0) is 24.6 Å². The van der Waals surface area contributed by atoms with Crippen molar-refractivity contribution in [2.75, 3.05) is 12.4 Å². The molecule has 5 nitrogen and oxygen atoms in total. The number of halogens is 2. The molecule has 2 aromatic heterocycles. The lowest BCUT2D eigenvalue weighted by Gasteiger charge is -2.09. The molecule has 118 valence electrons. The smallest absolute Gasteiger partial charge is 0.348 e. The SMILES string of the molecule is COC(=O)c1sc2ncnc(Nc3cccc(Cl)c3Cl)c2c1C. The first-order valence-corrected chi connectivity index (χ1v) is 8.13. The first-order chi connectivity index (χ1) is 11.0. The average Bonchev–Trinajstić information content (AvgIpc) is 2.89. The number of esters is 1. The molecule has 0 amide bonds. The molecular weight excluding hydrogens is 357 g/mol. The maximum atomic E-state index is 11.9. The number of anilines is 2. The molecule has 0 radical (unpaired) electrons. The van der Waals surface area contributed by atoms with E-state index in [2.05, 4.69) is 15.3 Å². The van der Waals surface area contributed by atoms with Crippen molar-refractivity contribution in [2.24, 2.45) is 0 Å². The Hall–Kier alpha value is -1.89. The Morgan fingerprint density at radius 3 is 2.83 bits per heavy atom. The molecule has 2 heterocycles. The lowest BCUT2D eigenvalue weighted by atomic mass is 10.2. The van der Waals surface area contributed by atoms with Gasteiger partial charge in [-0.1, -0.05) is 29.3 Å². The van der Waals surface area contributed by atoms with Crippen LogP contribution in [0.2, 0.25) is 10.0 Å². The van der Waals surface area contributed by atoms with Crippen LogP contribution in [0.1, 0.15) is 15.2 Å². The normalized spacial score (nSPS) is 10.8. The fourth-order valence-corrected chi connectivity index (χ4v) is 3.60. The summed E-state index contributed by atoms with van der Waals surface area (Å²) in [5.74, 6) is 0.167. The van der Waals surface area contributed by atoms with E-state index >= 15 is 0 Å². The molecule has 1 N–H and O–H groups in total. The van der Waals surface area contributed by atoms with Gasteiger partial charge in [-0.2, -0.15) is 0 Å². The summed E-state index contributed by atoms with van der Waals surface area (Å²) < 4.78 is 4.80. The number of rotatable bonds is 3. The zero-order valence-corrected chi connectivity index (χ0v) is 14.5. The second-order valence-corrected chi connectivity index (χ2v) is 6.46. The number of aryl methyl sites for hydroxylation is 1. The van der Waals surface area contributed by atoms with E-state index in [4.69, 9.17) is 27.9 Å². The Kier molecular flexibility index (Phi) is 4.39. The molecule has 0 aliphatic carbocycles. The molecule has 0 aliphatic rings. The summed E-state index contributed by atoms with van der Waals surface area (Å²) in [5.41, 5.74) is 1.39. The highest BCUT2D eigenvalue weighted by molar-refractivity contribution is 7.20. The van der Waals surface area contributed by atoms with Crippen molar-refractivity contribution < 1.29 is 9.53 Å². The molecule has 3 aromatic rings. The molecule has 0 atom stereocenters. The molecule has 1 aromatic carbocycles. The van der Waals surface area contributed by atoms with E-state index in [1.54, 1.807) is 18.2 Å². The summed E-state index contributed by atoms with van der Waals surface area (Å²) in [5, 5.41) is 4.76. The third kappa shape index (κ3) is 2.85. The van der Waals surface area contributed by atoms with Crippen LogP contribution < -0.4 is 5.32 Å². The van der Waals surface area contributed by atoms with Gasteiger partial charge < -0.3 is 10.1 Å². The van der Waals surface area contributed by atoms with Crippen molar-refractivity contribution in [2.45, 2.75) is 6.92 Å². The van der Waals surface area contributed by atoms with Crippen LogP contribution in [0, 0.1) is 6.92 Å². The Balaban J connectivity index is 2.13. The van der Waals surface area contributed by atoms with Gasteiger partial charge in [0.1, 0.15) is 21.9 Å². The van der Waals surface area contributed by atoms with Crippen LogP contribution in [0.4, 0.5) is 11.5 Å². The summed E-state index contributed by atoms with van der Waals surface area (Å²) in [6, 6.07) is 5.29. The summed E-state index contributed by atoms with van der Waals surface area (Å²) in [6.45, 7) is 1.83. The molecule has 0 saturated heterocycles. The van der Waals surface area contributed by atoms with Gasteiger partial charge in [0.15, 0.2) is 0 Å². The Labute approximate surface area is 146 Å². The number of methoxy groups -OCH3 is 1. The quantitative estimate of drug-likeness (QED) is 0.671. The monoisotopic (exact) mass is 367 g/mol. The summed E-state index contributed by atoms with van der Waals surface area (Å²) in [4.78, 5) is 21.5. The van der Waals surface area contributed by atoms with E-state index in [0.29, 0.717) is 31.3 Å². The predicted octanol–water partition coefficient (Wildman–Crippen LogP) is 4.84. The molecule has 8 heteroatoms. The van der Waals surface area contributed by atoms with Crippen LogP contribution in [0.5, 0.6) is 0 Å². The molecule has 23 heavy (non-hydrogen) atoms. The number of ether oxygens (including phenoxy) is 1. The molecule has 0 unspecified atom stereocenters. The van der Waals surface area contributed by atoms with Crippen LogP contribution in [0.25, 0.3) is 10.2 Å². The van der Waals surface area contributed by atoms with E-state index in [9.17, 15) is 4.79 Å². The van der Waals surface area contributed by atoms with Crippen molar-refractivity contribution in [1.29, 1.82) is 0 Å². The Bertz CT molecular complexity index is 911. The molecular formula is C15H11Cl2N3O2S. The van der Waals surface area contributed by atoms with Crippen LogP contribution in [0.15, 0.2) is 24.5 Å². The number of hydrogen-bond acceptors (Lipinski definition) is 6. The highest BCUT2D eigenvalue weighted by Crippen LogP contribution is 2.37. The van der Waals surface area contributed by atoms with E-state index in [0.717, 1.165) is 10.9 Å². The van der Waals surface area contributed by atoms with E-state index < -0.39 is 5.97 Å². The molecule has 0 saturated carbocycles. The largest absolute Gasteiger partial charge is 0.465 e. The Morgan fingerprint density at radius 1 is 1.30 bits per heavy atom. The number of fused-ring (bicyclic) bond motifs is 1. The van der Waals surface area contributed by atoms with E-state index in [1.165, 1.54) is 24.8 Å². The number of nitrogens with one attached hydrogen (secondary N) is 1. The average molecular weight is 368 g/mol. The first kappa shape index (κ1) is 16.0. The minimum Gasteiger partial charge on any atom is -0.465 e. The van der Waals surface area contributed by atoms with Gasteiger partial charge in [-0.15, -0.1) is 11.3 Å². The van der Waals surface area contributed by atoms with Gasteiger partial charge in [0.25, 0.3) is 0 Å². The summed E-state index contributed by atoms with van der Waals surface area (Å²) in [6.07, 6.45) is 1.43. The van der Waals surface area contributed by atoms with E-state index in [-0.39, 0.29) is 0 Å². The highest BCUT2D eigenvalue weighted by Gasteiger charge is 2.20. The van der Waals surface area contributed by atoms with Gasteiger partial charge in [-0.25, -0.2) is 14.8 Å². The van der Waals surface area contributed by atoms with Crippen LogP contribution in [0.3, 0.4) is 0 Å². The predicted molar refractivity (Wildman–Crippen MR) is 93.2 cm³/mol. The first-order valence-electron chi connectivity index (χ1n) is 6.56. The number of nitrogens with zero attached hydrogens (tertiary/aromatic N) is 2. The topological polar surface area (TPSA) is 64.1 Å². The van der Waals surface area contributed by atoms with Crippen molar-refractivity contribution in [1.82, 2.24) is 9.97 Å². The number of thiophene rings is 1. The standard InChI is InChI=1S/C15H11Cl2N3O2S/c1-7-10-13(20-9-5-3-4-8(16)11(9)17)18-6-19-14(10)23-12(7)15(21)22-2/h3-6H,1-2H3,(H,18,19,20). The molecule has 0 spiro atoms. The van der Waals surface area contributed by atoms with Gasteiger partial charge >= 0.3 is 5.97 Å². The molecule has 3 rings (SSSR count). The zero-order chi connectivity index (χ0) is 16.6. The van der Waals surface area contributed by atoms with Crippen LogP contribution >= 0.6 is 34.5 Å². The zero-order valence-electron chi connectivity index (χ0n) is 12.2. The van der Waals surface area contributed by atoms with Crippen LogP contribution in [-0.4, -0.2) is 23.0 Å². The second-order valence-electron chi connectivity index (χ2n) is 4.68. The summed E-state index contributed by atoms with van der Waals surface area (Å²) in [7, 11) is 1.35. The minimum absolute atomic E-state index is 0.391. The summed E-state index contributed by atoms with van der Waals surface area (Å²) >= 11 is 13.5. The third-order valence-corrected chi connectivity index (χ3v) is 5.30. The number of hydrogen-bond donors (Lipinski definition) is 1. The molecule has 0 bridgehead atoms. The number of carbonyl (C=O) groups excluding carboxylic acids is 1. The minimum atomic E-state index is -0.391. The van der Waals surface area contributed by atoms with Crippen molar-refractivity contribution in [3.8, 4) is 0 Å². The lowest BCUT2D eigenvalue weighted by molar-refractivity contribution is 0.0605. The second kappa shape index (κ2) is 6.31. The van der Waals surface area contributed by atoms with Gasteiger partial charge in [-0.3, -0.25) is 0 Å². The lowest BCUT2D eigenvalue weighted by Crippen LogP contribution is -2.00. The van der Waals surface area contributed by atoms with Crippen molar-refractivity contribution in [3.63, 3.8) is 0 Å². The van der Waals surface area contributed by atoms with Gasteiger partial charge in [0.05, 0.1) is 28.2 Å².